The molecule has 1 saturated carbocycles. The average molecular weight is 579 g/mol. The maximum Gasteiger partial charge on any atom is 0.273 e. The number of benzene rings is 2. The van der Waals surface area contributed by atoms with Gasteiger partial charge in [-0.2, -0.15) is 0 Å². The third-order valence-corrected chi connectivity index (χ3v) is 8.46. The van der Waals surface area contributed by atoms with E-state index in [1.165, 1.54) is 69.1 Å². The molecule has 1 fully saturated rings. The van der Waals surface area contributed by atoms with Crippen LogP contribution >= 0.6 is 23.2 Å². The Morgan fingerprint density at radius 3 is 2.21 bits per heavy atom. The summed E-state index contributed by atoms with van der Waals surface area (Å²) in [6.07, 6.45) is 9.77. The van der Waals surface area contributed by atoms with Gasteiger partial charge in [0.05, 0.1) is 17.8 Å². The first kappa shape index (κ1) is 28.4. The van der Waals surface area contributed by atoms with Crippen molar-refractivity contribution >= 4 is 45.0 Å². The molecule has 0 unspecified atom stereocenters. The van der Waals surface area contributed by atoms with Gasteiger partial charge < -0.3 is 15.2 Å². The fourth-order valence-corrected chi connectivity index (χ4v) is 5.86. The normalized spacial score (nSPS) is 14.7. The van der Waals surface area contributed by atoms with E-state index < -0.39 is 15.9 Å². The topological polar surface area (TPSA) is 105 Å². The molecule has 11 heteroatoms. The van der Waals surface area contributed by atoms with Crippen LogP contribution in [-0.2, 0) is 16.6 Å². The molecular weight excluding hydrogens is 545 g/mol. The smallest absolute Gasteiger partial charge is 0.273 e. The lowest BCUT2D eigenvalue weighted by atomic mass is 10.1. The van der Waals surface area contributed by atoms with Crippen molar-refractivity contribution in [3.05, 3.63) is 76.2 Å². The third-order valence-electron chi connectivity index (χ3n) is 6.60. The van der Waals surface area contributed by atoms with Crippen LogP contribution in [-0.4, -0.2) is 43.0 Å². The van der Waals surface area contributed by atoms with Gasteiger partial charge in [0.25, 0.3) is 15.9 Å². The van der Waals surface area contributed by atoms with Gasteiger partial charge in [-0.1, -0.05) is 61.0 Å². The number of amides is 1. The lowest BCUT2D eigenvalue weighted by Gasteiger charge is -2.16. The fraction of sp³-hybridized carbons (Fsp3) is 0.407. The summed E-state index contributed by atoms with van der Waals surface area (Å²) in [6.45, 7) is 1.55. The minimum absolute atomic E-state index is 0.00762. The van der Waals surface area contributed by atoms with Gasteiger partial charge in [0.2, 0.25) is 0 Å². The summed E-state index contributed by atoms with van der Waals surface area (Å²) in [6, 6.07) is 13.5. The summed E-state index contributed by atoms with van der Waals surface area (Å²) in [4.78, 5) is 17.4. The van der Waals surface area contributed by atoms with Crippen LogP contribution in [0.15, 0.2) is 59.8 Å². The average Bonchev–Trinajstić information content (AvgIpc) is 3.09. The zero-order valence-corrected chi connectivity index (χ0v) is 23.5. The number of carbonyl (C=O) groups is 1. The van der Waals surface area contributed by atoms with Crippen LogP contribution in [0.4, 0.5) is 5.82 Å². The van der Waals surface area contributed by atoms with Crippen molar-refractivity contribution in [2.45, 2.75) is 62.4 Å². The van der Waals surface area contributed by atoms with Gasteiger partial charge >= 0.3 is 0 Å². The third kappa shape index (κ3) is 7.96. The standard InChI is InChI=1S/C27H33Cl2N5O3S/c28-21-10-8-20(9-11-21)18-34-19-32-25(26(34)33-38(36,37)24-14-12-22(29)13-15-24)27(35)31-17-5-16-30-23-6-3-1-2-4-7-23/h8-15,19,23,30,33H,1-7,16-18H2,(H,31,35). The molecule has 38 heavy (non-hydrogen) atoms. The summed E-state index contributed by atoms with van der Waals surface area (Å²) < 4.78 is 30.5. The summed E-state index contributed by atoms with van der Waals surface area (Å²) in [5.41, 5.74) is 0.878. The van der Waals surface area contributed by atoms with E-state index in [4.69, 9.17) is 23.2 Å². The Morgan fingerprint density at radius 2 is 1.55 bits per heavy atom. The van der Waals surface area contributed by atoms with E-state index in [0.29, 0.717) is 29.2 Å². The number of sulfonamides is 1. The highest BCUT2D eigenvalue weighted by Gasteiger charge is 2.24. The van der Waals surface area contributed by atoms with E-state index in [-0.39, 0.29) is 16.4 Å². The largest absolute Gasteiger partial charge is 0.351 e. The molecule has 1 aliphatic carbocycles. The van der Waals surface area contributed by atoms with Crippen molar-refractivity contribution in [1.82, 2.24) is 20.2 Å². The van der Waals surface area contributed by atoms with Gasteiger partial charge in [-0.15, -0.1) is 0 Å². The molecule has 0 aliphatic heterocycles. The second-order valence-electron chi connectivity index (χ2n) is 9.51. The number of carbonyl (C=O) groups excluding carboxylic acids is 1. The highest BCUT2D eigenvalue weighted by atomic mass is 35.5. The van der Waals surface area contributed by atoms with Crippen molar-refractivity contribution in [2.75, 3.05) is 17.8 Å². The molecule has 1 heterocycles. The number of imidazole rings is 1. The van der Waals surface area contributed by atoms with E-state index in [2.05, 4.69) is 20.3 Å². The molecule has 204 valence electrons. The Morgan fingerprint density at radius 1 is 0.921 bits per heavy atom. The van der Waals surface area contributed by atoms with Crippen LogP contribution in [0.25, 0.3) is 0 Å². The number of nitrogens with zero attached hydrogens (tertiary/aromatic N) is 2. The SMILES string of the molecule is O=C(NCCCNC1CCCCCC1)c1ncn(Cc2ccc(Cl)cc2)c1NS(=O)(=O)c1ccc(Cl)cc1. The number of hydrogen-bond donors (Lipinski definition) is 3. The molecule has 0 bridgehead atoms. The van der Waals surface area contributed by atoms with Crippen LogP contribution in [0.1, 0.15) is 61.0 Å². The summed E-state index contributed by atoms with van der Waals surface area (Å²) in [5.74, 6) is -0.355. The minimum Gasteiger partial charge on any atom is -0.351 e. The first-order chi connectivity index (χ1) is 18.3. The van der Waals surface area contributed by atoms with Crippen molar-refractivity contribution in [2.24, 2.45) is 0 Å². The molecule has 0 spiro atoms. The van der Waals surface area contributed by atoms with Gasteiger partial charge in [-0.25, -0.2) is 13.4 Å². The van der Waals surface area contributed by atoms with Crippen LogP contribution in [0.5, 0.6) is 0 Å². The second kappa shape index (κ2) is 13.5. The second-order valence-corrected chi connectivity index (χ2v) is 12.1. The maximum absolute atomic E-state index is 13.2. The van der Waals surface area contributed by atoms with E-state index >= 15 is 0 Å². The number of anilines is 1. The van der Waals surface area contributed by atoms with Crippen molar-refractivity contribution < 1.29 is 13.2 Å². The first-order valence-electron chi connectivity index (χ1n) is 12.9. The quantitative estimate of drug-likeness (QED) is 0.207. The van der Waals surface area contributed by atoms with Gasteiger partial charge in [0.15, 0.2) is 11.5 Å². The molecule has 0 saturated heterocycles. The van der Waals surface area contributed by atoms with Crippen LogP contribution < -0.4 is 15.4 Å². The zero-order valence-electron chi connectivity index (χ0n) is 21.1. The molecule has 3 N–H and O–H groups in total. The molecule has 8 nitrogen and oxygen atoms in total. The lowest BCUT2D eigenvalue weighted by Crippen LogP contribution is -2.32. The highest BCUT2D eigenvalue weighted by Crippen LogP contribution is 2.23. The van der Waals surface area contributed by atoms with Crippen LogP contribution in [0.2, 0.25) is 10.0 Å². The van der Waals surface area contributed by atoms with Crippen molar-refractivity contribution in [3.63, 3.8) is 0 Å². The van der Waals surface area contributed by atoms with Gasteiger partial charge in [0, 0.05) is 22.6 Å². The molecule has 1 amide bonds. The zero-order chi connectivity index (χ0) is 27.0. The number of rotatable bonds is 11. The summed E-state index contributed by atoms with van der Waals surface area (Å²) in [7, 11) is -4.00. The van der Waals surface area contributed by atoms with E-state index in [9.17, 15) is 13.2 Å². The van der Waals surface area contributed by atoms with Crippen LogP contribution in [0, 0.1) is 0 Å². The molecule has 1 aromatic heterocycles. The van der Waals surface area contributed by atoms with E-state index in [0.717, 1.165) is 18.5 Å². The van der Waals surface area contributed by atoms with Gasteiger partial charge in [-0.3, -0.25) is 9.52 Å². The predicted molar refractivity (Wildman–Crippen MR) is 151 cm³/mol. The number of halogens is 2. The van der Waals surface area contributed by atoms with Crippen LogP contribution in [0.3, 0.4) is 0 Å². The number of nitrogens with one attached hydrogen (secondary N) is 3. The molecular formula is C27H33Cl2N5O3S. The molecule has 2 aromatic carbocycles. The van der Waals surface area contributed by atoms with E-state index in [1.54, 1.807) is 16.7 Å². The Labute approximate surface area is 234 Å². The Bertz CT molecular complexity index is 1300. The van der Waals surface area contributed by atoms with Gasteiger partial charge in [0.1, 0.15) is 0 Å². The van der Waals surface area contributed by atoms with Crippen molar-refractivity contribution in [3.8, 4) is 0 Å². The summed E-state index contributed by atoms with van der Waals surface area (Å²) >= 11 is 11.9. The molecule has 1 aliphatic rings. The maximum atomic E-state index is 13.2. The predicted octanol–water partition coefficient (Wildman–Crippen LogP) is 5.47. The molecule has 4 rings (SSSR count). The summed E-state index contributed by atoms with van der Waals surface area (Å²) in [5, 5.41) is 7.49. The molecule has 0 radical (unpaired) electrons. The fourth-order valence-electron chi connectivity index (χ4n) is 4.53. The number of hydrogen-bond acceptors (Lipinski definition) is 5. The van der Waals surface area contributed by atoms with E-state index in [1.807, 2.05) is 12.1 Å². The first-order valence-corrected chi connectivity index (χ1v) is 15.2. The number of aromatic nitrogens is 2. The van der Waals surface area contributed by atoms with Crippen molar-refractivity contribution in [1.29, 1.82) is 0 Å². The molecule has 3 aromatic rings. The Kier molecular flexibility index (Phi) is 10.1. The Balaban J connectivity index is 1.45. The highest BCUT2D eigenvalue weighted by molar-refractivity contribution is 7.92. The monoisotopic (exact) mass is 577 g/mol. The van der Waals surface area contributed by atoms with Gasteiger partial charge in [-0.05, 0) is 67.8 Å². The lowest BCUT2D eigenvalue weighted by molar-refractivity contribution is 0.0949. The molecule has 0 atom stereocenters. The Hall–Kier alpha value is -2.59. The minimum atomic E-state index is -4.00.